The van der Waals surface area contributed by atoms with Crippen LogP contribution in [0.4, 0.5) is 5.00 Å². The largest absolute Gasteiger partial charge is 0.478 e. The zero-order chi connectivity index (χ0) is 15.6. The fourth-order valence-corrected chi connectivity index (χ4v) is 4.36. The van der Waals surface area contributed by atoms with Crippen molar-refractivity contribution in [3.05, 3.63) is 11.3 Å². The Morgan fingerprint density at radius 1 is 1.52 bits per heavy atom. The minimum Gasteiger partial charge on any atom is -0.478 e. The van der Waals surface area contributed by atoms with Gasteiger partial charge in [0.15, 0.2) is 9.84 Å². The summed E-state index contributed by atoms with van der Waals surface area (Å²) in [6.45, 7) is 1.87. The molecule has 1 aromatic rings. The maximum Gasteiger partial charge on any atom is 0.340 e. The number of hydrogen-bond acceptors (Lipinski definition) is 7. The number of aromatic carboxylic acids is 1. The fraction of sp³-hybridized carbons (Fsp3) is 0.545. The van der Waals surface area contributed by atoms with E-state index in [1.807, 2.05) is 0 Å². The highest BCUT2D eigenvalue weighted by Gasteiger charge is 2.27. The van der Waals surface area contributed by atoms with Crippen molar-refractivity contribution < 1.29 is 23.1 Å². The van der Waals surface area contributed by atoms with Gasteiger partial charge in [-0.1, -0.05) is 0 Å². The summed E-state index contributed by atoms with van der Waals surface area (Å²) in [5.41, 5.74) is 0.304. The molecule has 0 spiro atoms. The van der Waals surface area contributed by atoms with Gasteiger partial charge < -0.3 is 15.7 Å². The quantitative estimate of drug-likeness (QED) is 0.700. The summed E-state index contributed by atoms with van der Waals surface area (Å²) in [6, 6.07) is -0.453. The molecule has 1 aliphatic heterocycles. The van der Waals surface area contributed by atoms with Gasteiger partial charge in [0.25, 0.3) is 0 Å². The second-order valence-electron chi connectivity index (χ2n) is 4.79. The molecule has 0 aliphatic carbocycles. The number of carbonyl (C=O) groups excluding carboxylic acids is 1. The topological polar surface area (TPSA) is 125 Å². The summed E-state index contributed by atoms with van der Waals surface area (Å²) < 4.78 is 26.9. The zero-order valence-electron chi connectivity index (χ0n) is 11.2. The van der Waals surface area contributed by atoms with Gasteiger partial charge >= 0.3 is 5.97 Å². The van der Waals surface area contributed by atoms with Gasteiger partial charge in [-0.05, 0) is 18.5 Å². The number of aromatic nitrogens is 1. The van der Waals surface area contributed by atoms with E-state index in [-0.39, 0.29) is 28.5 Å². The lowest BCUT2D eigenvalue weighted by molar-refractivity contribution is -0.116. The van der Waals surface area contributed by atoms with Gasteiger partial charge in [0.05, 0.1) is 17.2 Å². The minimum atomic E-state index is -3.11. The van der Waals surface area contributed by atoms with Crippen LogP contribution in [0.2, 0.25) is 0 Å². The Morgan fingerprint density at radius 3 is 2.86 bits per heavy atom. The van der Waals surface area contributed by atoms with Crippen molar-refractivity contribution in [3.63, 3.8) is 0 Å². The smallest absolute Gasteiger partial charge is 0.340 e. The first-order valence-electron chi connectivity index (χ1n) is 6.22. The van der Waals surface area contributed by atoms with Crippen molar-refractivity contribution in [2.45, 2.75) is 19.4 Å². The summed E-state index contributed by atoms with van der Waals surface area (Å²) >= 11 is 0.893. The Kier molecular flexibility index (Phi) is 4.59. The molecule has 2 rings (SSSR count). The zero-order valence-corrected chi connectivity index (χ0v) is 12.9. The molecular formula is C11H15N3O5S2. The van der Waals surface area contributed by atoms with Crippen LogP contribution in [0.3, 0.4) is 0 Å². The van der Waals surface area contributed by atoms with Crippen LogP contribution < -0.4 is 10.6 Å². The third-order valence-electron chi connectivity index (χ3n) is 3.06. The molecule has 10 heteroatoms. The van der Waals surface area contributed by atoms with Crippen LogP contribution in [0.5, 0.6) is 0 Å². The van der Waals surface area contributed by atoms with E-state index in [1.54, 1.807) is 6.92 Å². The Balaban J connectivity index is 2.01. The normalized spacial score (nSPS) is 20.9. The van der Waals surface area contributed by atoms with E-state index in [1.165, 1.54) is 0 Å². The first-order valence-corrected chi connectivity index (χ1v) is 8.81. The molecule has 2 heterocycles. The molecule has 21 heavy (non-hydrogen) atoms. The van der Waals surface area contributed by atoms with Crippen LogP contribution >= 0.6 is 11.5 Å². The number of rotatable bonds is 4. The molecular weight excluding hydrogens is 318 g/mol. The van der Waals surface area contributed by atoms with E-state index >= 15 is 0 Å². The van der Waals surface area contributed by atoms with Gasteiger partial charge in [0.2, 0.25) is 5.91 Å². The number of aryl methyl sites for hydroxylation is 1. The lowest BCUT2D eigenvalue weighted by Gasteiger charge is -2.22. The van der Waals surface area contributed by atoms with Gasteiger partial charge in [-0.25, -0.2) is 13.2 Å². The van der Waals surface area contributed by atoms with Crippen LogP contribution in [0.15, 0.2) is 0 Å². The van der Waals surface area contributed by atoms with E-state index in [0.717, 1.165) is 11.5 Å². The van der Waals surface area contributed by atoms with E-state index in [2.05, 4.69) is 15.0 Å². The minimum absolute atomic E-state index is 0.0300. The molecule has 1 fully saturated rings. The molecule has 1 aliphatic rings. The summed E-state index contributed by atoms with van der Waals surface area (Å²) in [4.78, 5) is 23.0. The molecule has 0 saturated carbocycles. The van der Waals surface area contributed by atoms with Crippen LogP contribution in [0, 0.1) is 6.92 Å². The first kappa shape index (κ1) is 15.9. The third-order valence-corrected chi connectivity index (χ3v) is 5.65. The van der Waals surface area contributed by atoms with Crippen molar-refractivity contribution in [1.82, 2.24) is 9.69 Å². The maximum absolute atomic E-state index is 11.9. The third kappa shape index (κ3) is 3.99. The first-order chi connectivity index (χ1) is 9.78. The molecule has 8 nitrogen and oxygen atoms in total. The SMILES string of the molecule is Cc1nsc(NC(=O)CC2CS(=O)(=O)CCN2)c1C(=O)O. The average molecular weight is 333 g/mol. The number of sulfone groups is 1. The van der Waals surface area contributed by atoms with Crippen molar-refractivity contribution in [2.24, 2.45) is 0 Å². The number of carboxylic acids is 1. The van der Waals surface area contributed by atoms with Crippen LogP contribution in [0.1, 0.15) is 22.5 Å². The Bertz CT molecular complexity index is 667. The average Bonchev–Trinajstić information content (AvgIpc) is 2.68. The second-order valence-corrected chi connectivity index (χ2v) is 7.80. The highest BCUT2D eigenvalue weighted by molar-refractivity contribution is 7.91. The molecule has 0 aromatic carbocycles. The molecule has 0 radical (unpaired) electrons. The van der Waals surface area contributed by atoms with E-state index in [0.29, 0.717) is 12.2 Å². The van der Waals surface area contributed by atoms with Crippen molar-refractivity contribution in [1.29, 1.82) is 0 Å². The Hall–Kier alpha value is -1.52. The van der Waals surface area contributed by atoms with E-state index < -0.39 is 27.8 Å². The van der Waals surface area contributed by atoms with Gasteiger partial charge in [-0.15, -0.1) is 0 Å². The number of anilines is 1. The molecule has 116 valence electrons. The van der Waals surface area contributed by atoms with Crippen molar-refractivity contribution in [3.8, 4) is 0 Å². The Morgan fingerprint density at radius 2 is 2.24 bits per heavy atom. The van der Waals surface area contributed by atoms with Crippen LogP contribution in [-0.2, 0) is 14.6 Å². The highest BCUT2D eigenvalue weighted by Crippen LogP contribution is 2.24. The van der Waals surface area contributed by atoms with Crippen molar-refractivity contribution >= 4 is 38.2 Å². The predicted octanol–water partition coefficient (Wildman–Crippen LogP) is -0.135. The molecule has 1 saturated heterocycles. The van der Waals surface area contributed by atoms with Gasteiger partial charge in [0.1, 0.15) is 10.6 Å². The van der Waals surface area contributed by atoms with Crippen LogP contribution in [-0.4, -0.2) is 53.9 Å². The standard InChI is InChI=1S/C11H15N3O5S2/c1-6-9(11(16)17)10(20-14-6)13-8(15)4-7-5-21(18,19)3-2-12-7/h7,12H,2-5H2,1H3,(H,13,15)(H,16,17). The lowest BCUT2D eigenvalue weighted by Crippen LogP contribution is -2.46. The molecule has 3 N–H and O–H groups in total. The summed E-state index contributed by atoms with van der Waals surface area (Å²) in [6.07, 6.45) is -0.0325. The molecule has 1 aromatic heterocycles. The van der Waals surface area contributed by atoms with Crippen LogP contribution in [0.25, 0.3) is 0 Å². The molecule has 1 unspecified atom stereocenters. The number of amides is 1. The molecule has 1 atom stereocenters. The monoisotopic (exact) mass is 333 g/mol. The number of carboxylic acid groups (broad SMARTS) is 1. The maximum atomic E-state index is 11.9. The number of carbonyl (C=O) groups is 2. The van der Waals surface area contributed by atoms with E-state index in [9.17, 15) is 18.0 Å². The van der Waals surface area contributed by atoms with Gasteiger partial charge in [-0.2, -0.15) is 4.37 Å². The summed E-state index contributed by atoms with van der Waals surface area (Å²) in [5, 5.41) is 14.7. The van der Waals surface area contributed by atoms with Gasteiger partial charge in [-0.3, -0.25) is 4.79 Å². The Labute approximate surface area is 125 Å². The highest BCUT2D eigenvalue weighted by atomic mass is 32.2. The molecule has 0 bridgehead atoms. The molecule has 1 amide bonds. The summed E-state index contributed by atoms with van der Waals surface area (Å²) in [7, 11) is -3.11. The number of nitrogens with one attached hydrogen (secondary N) is 2. The summed E-state index contributed by atoms with van der Waals surface area (Å²) in [5.74, 6) is -1.61. The fourth-order valence-electron chi connectivity index (χ4n) is 2.11. The van der Waals surface area contributed by atoms with E-state index in [4.69, 9.17) is 5.11 Å². The second kappa shape index (κ2) is 6.08. The number of nitrogens with zero attached hydrogens (tertiary/aromatic N) is 1. The predicted molar refractivity (Wildman–Crippen MR) is 77.5 cm³/mol. The van der Waals surface area contributed by atoms with Gasteiger partial charge in [0, 0.05) is 19.0 Å². The van der Waals surface area contributed by atoms with Crippen molar-refractivity contribution in [2.75, 3.05) is 23.4 Å². The lowest BCUT2D eigenvalue weighted by atomic mass is 10.2. The number of hydrogen-bond donors (Lipinski definition) is 3.